The third-order valence-electron chi connectivity index (χ3n) is 1.18. The number of rotatable bonds is 2. The third kappa shape index (κ3) is 1.57. The van der Waals surface area contributed by atoms with Crippen molar-refractivity contribution in [3.63, 3.8) is 0 Å². The van der Waals surface area contributed by atoms with Gasteiger partial charge in [0.05, 0.1) is 7.11 Å². The molecule has 0 aromatic heterocycles. The smallest absolute Gasteiger partial charge is 0.437 e. The Morgan fingerprint density at radius 2 is 1.83 bits per heavy atom. The molecule has 0 N–H and O–H groups in total. The van der Waals surface area contributed by atoms with Gasteiger partial charge >= 0.3 is 17.8 Å². The predicted octanol–water partition coefficient (Wildman–Crippen LogP) is 1.62. The Labute approximate surface area is 65.8 Å². The first-order valence-electron chi connectivity index (χ1n) is 2.77. The van der Waals surface area contributed by atoms with Crippen LogP contribution in [0.25, 0.3) is 0 Å². The lowest BCUT2D eigenvalue weighted by molar-refractivity contribution is -0.223. The van der Waals surface area contributed by atoms with Gasteiger partial charge in [0, 0.05) is 0 Å². The number of methoxy groups -OCH3 is 1. The van der Waals surface area contributed by atoms with Gasteiger partial charge in [-0.15, -0.1) is 0 Å². The highest BCUT2D eigenvalue weighted by molar-refractivity contribution is 5.82. The average Bonchev–Trinajstić information content (AvgIpc) is 1.99. The molecule has 1 unspecified atom stereocenters. The molecule has 0 rings (SSSR count). The van der Waals surface area contributed by atoms with E-state index in [1.165, 1.54) is 0 Å². The number of ether oxygens (including phenoxy) is 1. The molecule has 0 aliphatic rings. The first kappa shape index (κ1) is 10.9. The Balaban J connectivity index is 4.93. The SMILES string of the molecule is C=CC(F)(C(=O)OC)C(F)(F)F. The summed E-state index contributed by atoms with van der Waals surface area (Å²) in [5.74, 6) is -2.02. The van der Waals surface area contributed by atoms with Crippen LogP contribution in [0, 0.1) is 0 Å². The highest BCUT2D eigenvalue weighted by atomic mass is 19.4. The van der Waals surface area contributed by atoms with Crippen molar-refractivity contribution in [2.75, 3.05) is 7.11 Å². The van der Waals surface area contributed by atoms with Gasteiger partial charge in [-0.05, 0) is 6.08 Å². The minimum atomic E-state index is -5.33. The number of hydrogen-bond donors (Lipinski definition) is 0. The van der Waals surface area contributed by atoms with Crippen molar-refractivity contribution < 1.29 is 27.1 Å². The standard InChI is InChI=1S/C6H6F4O2/c1-3-5(7,4(11)12-2)6(8,9)10/h3H,1H2,2H3. The van der Waals surface area contributed by atoms with E-state index in [4.69, 9.17) is 0 Å². The van der Waals surface area contributed by atoms with Gasteiger partial charge in [-0.25, -0.2) is 9.18 Å². The first-order valence-corrected chi connectivity index (χ1v) is 2.77. The Kier molecular flexibility index (Phi) is 2.84. The Morgan fingerprint density at radius 3 is 1.92 bits per heavy atom. The summed E-state index contributed by atoms with van der Waals surface area (Å²) in [7, 11) is 0.659. The van der Waals surface area contributed by atoms with Gasteiger partial charge < -0.3 is 4.74 Å². The van der Waals surface area contributed by atoms with Crippen LogP contribution in [-0.2, 0) is 9.53 Å². The van der Waals surface area contributed by atoms with Crippen molar-refractivity contribution in [1.29, 1.82) is 0 Å². The van der Waals surface area contributed by atoms with Gasteiger partial charge in [-0.1, -0.05) is 6.58 Å². The minimum Gasteiger partial charge on any atom is -0.466 e. The summed E-state index contributed by atoms with van der Waals surface area (Å²) in [5, 5.41) is 0. The van der Waals surface area contributed by atoms with Gasteiger partial charge in [-0.2, -0.15) is 13.2 Å². The van der Waals surface area contributed by atoms with Crippen LogP contribution in [0.4, 0.5) is 17.6 Å². The van der Waals surface area contributed by atoms with E-state index in [0.717, 1.165) is 0 Å². The first-order chi connectivity index (χ1) is 5.29. The second-order valence-electron chi connectivity index (χ2n) is 1.91. The number of alkyl halides is 4. The summed E-state index contributed by atoms with van der Waals surface area (Å²) in [6.07, 6.45) is -5.47. The highest BCUT2D eigenvalue weighted by Gasteiger charge is 2.60. The Hall–Kier alpha value is -1.07. The number of carbonyl (C=O) groups is 1. The molecule has 0 saturated carbocycles. The number of esters is 1. The summed E-state index contributed by atoms with van der Waals surface area (Å²) >= 11 is 0. The van der Waals surface area contributed by atoms with Crippen LogP contribution in [-0.4, -0.2) is 24.9 Å². The molecule has 0 heterocycles. The molecule has 0 saturated heterocycles. The van der Waals surface area contributed by atoms with Crippen LogP contribution in [0.2, 0.25) is 0 Å². The maximum atomic E-state index is 12.7. The fraction of sp³-hybridized carbons (Fsp3) is 0.500. The molecule has 0 spiro atoms. The summed E-state index contributed by atoms with van der Waals surface area (Å²) < 4.78 is 51.7. The van der Waals surface area contributed by atoms with Crippen LogP contribution < -0.4 is 0 Å². The molecule has 2 nitrogen and oxygen atoms in total. The third-order valence-corrected chi connectivity index (χ3v) is 1.18. The fourth-order valence-electron chi connectivity index (χ4n) is 0.463. The molecule has 0 aromatic carbocycles. The van der Waals surface area contributed by atoms with Crippen LogP contribution >= 0.6 is 0 Å². The molecular formula is C6H6F4O2. The van der Waals surface area contributed by atoms with E-state index < -0.39 is 17.8 Å². The summed E-state index contributed by atoms with van der Waals surface area (Å²) in [6, 6.07) is 0. The second-order valence-corrected chi connectivity index (χ2v) is 1.91. The molecule has 0 aromatic rings. The van der Waals surface area contributed by atoms with E-state index in [9.17, 15) is 22.4 Å². The van der Waals surface area contributed by atoms with Crippen molar-refractivity contribution in [2.24, 2.45) is 0 Å². The molecule has 0 radical (unpaired) electrons. The van der Waals surface area contributed by atoms with Crippen molar-refractivity contribution in [2.45, 2.75) is 11.8 Å². The molecule has 1 atom stereocenters. The average molecular weight is 186 g/mol. The van der Waals surface area contributed by atoms with Crippen molar-refractivity contribution in [3.8, 4) is 0 Å². The van der Waals surface area contributed by atoms with Crippen molar-refractivity contribution in [1.82, 2.24) is 0 Å². The Morgan fingerprint density at radius 1 is 1.42 bits per heavy atom. The summed E-state index contributed by atoms with van der Waals surface area (Å²) in [6.45, 7) is 2.57. The molecule has 6 heteroatoms. The lowest BCUT2D eigenvalue weighted by atomic mass is 10.1. The van der Waals surface area contributed by atoms with Crippen molar-refractivity contribution >= 4 is 5.97 Å². The lowest BCUT2D eigenvalue weighted by Crippen LogP contribution is -2.46. The fourth-order valence-corrected chi connectivity index (χ4v) is 0.463. The van der Waals surface area contributed by atoms with Gasteiger partial charge in [0.25, 0.3) is 0 Å². The minimum absolute atomic E-state index is 0.140. The zero-order valence-electron chi connectivity index (χ0n) is 6.11. The Bertz CT molecular complexity index is 198. The molecular weight excluding hydrogens is 180 g/mol. The molecule has 0 aliphatic carbocycles. The number of hydrogen-bond acceptors (Lipinski definition) is 2. The zero-order chi connectivity index (χ0) is 9.99. The van der Waals surface area contributed by atoms with Gasteiger partial charge in [0.15, 0.2) is 0 Å². The molecule has 70 valence electrons. The highest BCUT2D eigenvalue weighted by Crippen LogP contribution is 2.35. The van der Waals surface area contributed by atoms with Gasteiger partial charge in [0.1, 0.15) is 0 Å². The van der Waals surface area contributed by atoms with Crippen molar-refractivity contribution in [3.05, 3.63) is 12.7 Å². The van der Waals surface area contributed by atoms with Crippen LogP contribution in [0.15, 0.2) is 12.7 Å². The van der Waals surface area contributed by atoms with E-state index in [2.05, 4.69) is 11.3 Å². The van der Waals surface area contributed by atoms with Crippen LogP contribution in [0.3, 0.4) is 0 Å². The molecule has 0 bridgehead atoms. The quantitative estimate of drug-likeness (QED) is 0.372. The zero-order valence-corrected chi connectivity index (χ0v) is 6.11. The molecule has 0 fully saturated rings. The van der Waals surface area contributed by atoms with Gasteiger partial charge in [0.2, 0.25) is 0 Å². The van der Waals surface area contributed by atoms with E-state index >= 15 is 0 Å². The number of halogens is 4. The number of carbonyl (C=O) groups excluding carboxylic acids is 1. The summed E-state index contributed by atoms with van der Waals surface area (Å²) in [5.41, 5.74) is -4.11. The topological polar surface area (TPSA) is 26.3 Å². The van der Waals surface area contributed by atoms with Gasteiger partial charge in [-0.3, -0.25) is 0 Å². The monoisotopic (exact) mass is 186 g/mol. The lowest BCUT2D eigenvalue weighted by Gasteiger charge is -2.20. The normalized spacial score (nSPS) is 16.4. The molecule has 0 aliphatic heterocycles. The van der Waals surface area contributed by atoms with E-state index in [0.29, 0.717) is 7.11 Å². The van der Waals surface area contributed by atoms with Crippen LogP contribution in [0.1, 0.15) is 0 Å². The van der Waals surface area contributed by atoms with E-state index in [-0.39, 0.29) is 6.08 Å². The van der Waals surface area contributed by atoms with E-state index in [1.54, 1.807) is 0 Å². The second kappa shape index (κ2) is 3.12. The van der Waals surface area contributed by atoms with E-state index in [1.807, 2.05) is 0 Å². The maximum Gasteiger partial charge on any atom is 0.437 e. The van der Waals surface area contributed by atoms with Crippen LogP contribution in [0.5, 0.6) is 0 Å². The molecule has 0 amide bonds. The summed E-state index contributed by atoms with van der Waals surface area (Å²) in [4.78, 5) is 10.3. The maximum absolute atomic E-state index is 12.7. The largest absolute Gasteiger partial charge is 0.466 e. The predicted molar refractivity (Wildman–Crippen MR) is 32.1 cm³/mol. The molecule has 12 heavy (non-hydrogen) atoms.